The lowest BCUT2D eigenvalue weighted by atomic mass is 10.1. The molecule has 0 bridgehead atoms. The van der Waals surface area contributed by atoms with Crippen LogP contribution in [-0.4, -0.2) is 50.4 Å². The topological polar surface area (TPSA) is 66.5 Å². The molecular formula is C14H18N2O3S. The first-order valence-corrected chi connectivity index (χ1v) is 8.74. The van der Waals surface area contributed by atoms with Gasteiger partial charge in [0.2, 0.25) is 0 Å². The van der Waals surface area contributed by atoms with Gasteiger partial charge in [-0.2, -0.15) is 0 Å². The van der Waals surface area contributed by atoms with Gasteiger partial charge in [-0.3, -0.25) is 4.79 Å². The summed E-state index contributed by atoms with van der Waals surface area (Å²) in [4.78, 5) is 14.1. The molecule has 0 unspecified atom stereocenters. The van der Waals surface area contributed by atoms with Crippen LogP contribution in [0.15, 0.2) is 18.2 Å². The monoisotopic (exact) mass is 294 g/mol. The SMILES string of the molecule is O=C(c1ccc2c(c1)NCC2)N1CCCS(=O)(=O)CC1. The van der Waals surface area contributed by atoms with E-state index in [1.807, 2.05) is 18.2 Å². The molecule has 0 spiro atoms. The Labute approximate surface area is 118 Å². The zero-order valence-electron chi connectivity index (χ0n) is 11.3. The van der Waals surface area contributed by atoms with E-state index in [-0.39, 0.29) is 17.4 Å². The summed E-state index contributed by atoms with van der Waals surface area (Å²) in [6.07, 6.45) is 1.52. The predicted octanol–water partition coefficient (Wildman–Crippen LogP) is 0.915. The molecule has 5 nitrogen and oxygen atoms in total. The normalized spacial score (nSPS) is 20.9. The molecule has 1 saturated heterocycles. The lowest BCUT2D eigenvalue weighted by molar-refractivity contribution is 0.0768. The predicted molar refractivity (Wildman–Crippen MR) is 77.8 cm³/mol. The van der Waals surface area contributed by atoms with E-state index in [4.69, 9.17) is 0 Å². The summed E-state index contributed by atoms with van der Waals surface area (Å²) in [6, 6.07) is 5.70. The summed E-state index contributed by atoms with van der Waals surface area (Å²) in [5, 5.41) is 3.26. The summed E-state index contributed by atoms with van der Waals surface area (Å²) in [7, 11) is -2.98. The molecule has 0 atom stereocenters. The molecule has 6 heteroatoms. The van der Waals surface area contributed by atoms with E-state index in [9.17, 15) is 13.2 Å². The Balaban J connectivity index is 1.78. The molecule has 2 heterocycles. The van der Waals surface area contributed by atoms with Crippen LogP contribution in [0.5, 0.6) is 0 Å². The van der Waals surface area contributed by atoms with Crippen LogP contribution in [0.4, 0.5) is 5.69 Å². The van der Waals surface area contributed by atoms with Crippen LogP contribution >= 0.6 is 0 Å². The zero-order chi connectivity index (χ0) is 14.2. The Morgan fingerprint density at radius 3 is 2.90 bits per heavy atom. The van der Waals surface area contributed by atoms with E-state index >= 15 is 0 Å². The number of carbonyl (C=O) groups is 1. The number of anilines is 1. The molecule has 108 valence electrons. The molecule has 0 aromatic heterocycles. The smallest absolute Gasteiger partial charge is 0.253 e. The van der Waals surface area contributed by atoms with Crippen LogP contribution in [0, 0.1) is 0 Å². The van der Waals surface area contributed by atoms with Crippen molar-refractivity contribution in [3.05, 3.63) is 29.3 Å². The number of rotatable bonds is 1. The first-order chi connectivity index (χ1) is 9.55. The van der Waals surface area contributed by atoms with Crippen molar-refractivity contribution in [2.24, 2.45) is 0 Å². The number of nitrogens with one attached hydrogen (secondary N) is 1. The number of hydrogen-bond donors (Lipinski definition) is 1. The third-order valence-electron chi connectivity index (χ3n) is 3.91. The van der Waals surface area contributed by atoms with Crippen LogP contribution in [0.2, 0.25) is 0 Å². The molecule has 2 aliphatic rings. The largest absolute Gasteiger partial charge is 0.384 e. The highest BCUT2D eigenvalue weighted by Crippen LogP contribution is 2.24. The van der Waals surface area contributed by atoms with E-state index in [2.05, 4.69) is 5.32 Å². The number of amides is 1. The van der Waals surface area contributed by atoms with Gasteiger partial charge in [-0.25, -0.2) is 8.42 Å². The molecule has 0 radical (unpaired) electrons. The second kappa shape index (κ2) is 5.09. The summed E-state index contributed by atoms with van der Waals surface area (Å²) in [5.74, 6) is 0.184. The summed E-state index contributed by atoms with van der Waals surface area (Å²) < 4.78 is 23.2. The fourth-order valence-electron chi connectivity index (χ4n) is 2.75. The molecule has 0 saturated carbocycles. The molecular weight excluding hydrogens is 276 g/mol. The van der Waals surface area contributed by atoms with Crippen LogP contribution in [-0.2, 0) is 16.3 Å². The molecule has 0 aliphatic carbocycles. The first-order valence-electron chi connectivity index (χ1n) is 6.92. The molecule has 1 aromatic rings. The second-order valence-electron chi connectivity index (χ2n) is 5.35. The highest BCUT2D eigenvalue weighted by Gasteiger charge is 2.24. The Kier molecular flexibility index (Phi) is 3.41. The summed E-state index contributed by atoms with van der Waals surface area (Å²) >= 11 is 0. The number of benzene rings is 1. The standard InChI is InChI=1S/C14H18N2O3S/c17-14(16-6-1-8-20(18,19)9-7-16)12-3-2-11-4-5-15-13(11)10-12/h2-3,10,15H,1,4-9H2. The van der Waals surface area contributed by atoms with Gasteiger partial charge in [0.1, 0.15) is 0 Å². The van der Waals surface area contributed by atoms with Gasteiger partial charge in [0.25, 0.3) is 5.91 Å². The molecule has 1 N–H and O–H groups in total. The van der Waals surface area contributed by atoms with Crippen LogP contribution in [0.1, 0.15) is 22.3 Å². The van der Waals surface area contributed by atoms with Crippen molar-refractivity contribution >= 4 is 21.4 Å². The van der Waals surface area contributed by atoms with Crippen molar-refractivity contribution in [3.63, 3.8) is 0 Å². The van der Waals surface area contributed by atoms with Gasteiger partial charge in [0.15, 0.2) is 9.84 Å². The minimum Gasteiger partial charge on any atom is -0.384 e. The highest BCUT2D eigenvalue weighted by atomic mass is 32.2. The van der Waals surface area contributed by atoms with E-state index < -0.39 is 9.84 Å². The molecule has 2 aliphatic heterocycles. The molecule has 3 rings (SSSR count). The van der Waals surface area contributed by atoms with Crippen molar-refractivity contribution in [2.45, 2.75) is 12.8 Å². The maximum absolute atomic E-state index is 12.5. The van der Waals surface area contributed by atoms with E-state index in [0.29, 0.717) is 25.1 Å². The van der Waals surface area contributed by atoms with Gasteiger partial charge < -0.3 is 10.2 Å². The number of hydrogen-bond acceptors (Lipinski definition) is 4. The third-order valence-corrected chi connectivity index (χ3v) is 5.62. The number of nitrogens with zero attached hydrogens (tertiary/aromatic N) is 1. The third kappa shape index (κ3) is 2.65. The Morgan fingerprint density at radius 2 is 2.05 bits per heavy atom. The zero-order valence-corrected chi connectivity index (χ0v) is 12.1. The van der Waals surface area contributed by atoms with Crippen LogP contribution < -0.4 is 5.32 Å². The Bertz CT molecular complexity index is 640. The van der Waals surface area contributed by atoms with Crippen LogP contribution in [0.25, 0.3) is 0 Å². The van der Waals surface area contributed by atoms with Gasteiger partial charge in [0, 0.05) is 30.9 Å². The Morgan fingerprint density at radius 1 is 1.20 bits per heavy atom. The number of carbonyl (C=O) groups excluding carboxylic acids is 1. The summed E-state index contributed by atoms with van der Waals surface area (Å²) in [6.45, 7) is 1.73. The van der Waals surface area contributed by atoms with Gasteiger partial charge >= 0.3 is 0 Å². The fourth-order valence-corrected chi connectivity index (χ4v) is 4.02. The fraction of sp³-hybridized carbons (Fsp3) is 0.500. The average molecular weight is 294 g/mol. The van der Waals surface area contributed by atoms with Crippen LogP contribution in [0.3, 0.4) is 0 Å². The van der Waals surface area contributed by atoms with Gasteiger partial charge in [-0.05, 0) is 30.5 Å². The molecule has 1 amide bonds. The van der Waals surface area contributed by atoms with E-state index in [0.717, 1.165) is 18.7 Å². The van der Waals surface area contributed by atoms with Crippen molar-refractivity contribution in [3.8, 4) is 0 Å². The van der Waals surface area contributed by atoms with Crippen molar-refractivity contribution < 1.29 is 13.2 Å². The van der Waals surface area contributed by atoms with Gasteiger partial charge in [-0.1, -0.05) is 6.07 Å². The average Bonchev–Trinajstić information content (AvgIpc) is 2.81. The van der Waals surface area contributed by atoms with E-state index in [1.54, 1.807) is 4.90 Å². The van der Waals surface area contributed by atoms with Crippen molar-refractivity contribution in [1.82, 2.24) is 4.90 Å². The van der Waals surface area contributed by atoms with Crippen molar-refractivity contribution in [1.29, 1.82) is 0 Å². The molecule has 1 fully saturated rings. The maximum Gasteiger partial charge on any atom is 0.253 e. The Hall–Kier alpha value is -1.56. The second-order valence-corrected chi connectivity index (χ2v) is 7.65. The number of sulfone groups is 1. The number of fused-ring (bicyclic) bond motifs is 1. The lowest BCUT2D eigenvalue weighted by Crippen LogP contribution is -2.33. The van der Waals surface area contributed by atoms with Crippen molar-refractivity contribution in [2.75, 3.05) is 36.5 Å². The highest BCUT2D eigenvalue weighted by molar-refractivity contribution is 7.91. The molecule has 20 heavy (non-hydrogen) atoms. The first kappa shape index (κ1) is 13.4. The minimum absolute atomic E-state index is 0.0707. The quantitative estimate of drug-likeness (QED) is 0.836. The molecule has 1 aromatic carbocycles. The summed E-state index contributed by atoms with van der Waals surface area (Å²) in [5.41, 5.74) is 2.90. The van der Waals surface area contributed by atoms with Gasteiger partial charge in [-0.15, -0.1) is 0 Å². The van der Waals surface area contributed by atoms with E-state index in [1.165, 1.54) is 5.56 Å². The maximum atomic E-state index is 12.5. The minimum atomic E-state index is -2.98. The van der Waals surface area contributed by atoms with Gasteiger partial charge in [0.05, 0.1) is 11.5 Å². The lowest BCUT2D eigenvalue weighted by Gasteiger charge is -2.20.